The summed E-state index contributed by atoms with van der Waals surface area (Å²) in [5.74, 6) is 1.07. The van der Waals surface area contributed by atoms with Gasteiger partial charge in [-0.2, -0.15) is 5.26 Å². The lowest BCUT2D eigenvalue weighted by atomic mass is 10.0. The van der Waals surface area contributed by atoms with Crippen molar-refractivity contribution >= 4 is 29.0 Å². The fourth-order valence-electron chi connectivity index (χ4n) is 3.56. The van der Waals surface area contributed by atoms with Crippen LogP contribution >= 0.6 is 12.4 Å². The van der Waals surface area contributed by atoms with Crippen molar-refractivity contribution < 1.29 is 0 Å². The van der Waals surface area contributed by atoms with Gasteiger partial charge in [0.2, 0.25) is 0 Å². The number of halogens is 1. The van der Waals surface area contributed by atoms with Gasteiger partial charge in [-0.3, -0.25) is 0 Å². The molecule has 1 fully saturated rings. The van der Waals surface area contributed by atoms with Gasteiger partial charge in [0.25, 0.3) is 0 Å². The molecule has 138 valence electrons. The standard InChI is InChI=1S/C22H22N4.ClH/c1-2-25-11-13-26(14-12-25)22-20-6-4-3-5-19(20)15-21(24-22)18-9-7-17(16-23)8-10-18;/h3-10,15H,2,11-14H2,1H3;1H. The molecule has 4 rings (SSSR count). The number of likely N-dealkylation sites (N-methyl/N-ethyl adjacent to an activating group) is 1. The zero-order chi connectivity index (χ0) is 17.9. The molecule has 0 saturated carbocycles. The van der Waals surface area contributed by atoms with Crippen LogP contribution in [-0.4, -0.2) is 42.6 Å². The van der Waals surface area contributed by atoms with E-state index in [1.165, 1.54) is 10.8 Å². The summed E-state index contributed by atoms with van der Waals surface area (Å²) in [6.07, 6.45) is 0. The van der Waals surface area contributed by atoms with Crippen molar-refractivity contribution in [3.63, 3.8) is 0 Å². The van der Waals surface area contributed by atoms with E-state index in [4.69, 9.17) is 10.2 Å². The van der Waals surface area contributed by atoms with Crippen LogP contribution in [-0.2, 0) is 0 Å². The number of aromatic nitrogens is 1. The molecular formula is C22H23ClN4. The average Bonchev–Trinajstić information content (AvgIpc) is 2.73. The number of anilines is 1. The molecule has 0 amide bonds. The van der Waals surface area contributed by atoms with E-state index in [9.17, 15) is 0 Å². The summed E-state index contributed by atoms with van der Waals surface area (Å²) < 4.78 is 0. The van der Waals surface area contributed by atoms with Crippen molar-refractivity contribution in [2.24, 2.45) is 0 Å². The average molecular weight is 379 g/mol. The van der Waals surface area contributed by atoms with Gasteiger partial charge in [0.15, 0.2) is 0 Å². The van der Waals surface area contributed by atoms with Crippen molar-refractivity contribution in [1.82, 2.24) is 9.88 Å². The fourth-order valence-corrected chi connectivity index (χ4v) is 3.56. The number of piperazine rings is 1. The SMILES string of the molecule is CCN1CCN(c2nc(-c3ccc(C#N)cc3)cc3ccccc23)CC1.Cl. The van der Waals surface area contributed by atoms with Crippen molar-refractivity contribution in [3.8, 4) is 17.3 Å². The lowest BCUT2D eigenvalue weighted by molar-refractivity contribution is 0.271. The zero-order valence-corrected chi connectivity index (χ0v) is 16.2. The monoisotopic (exact) mass is 378 g/mol. The van der Waals surface area contributed by atoms with E-state index in [0.29, 0.717) is 5.56 Å². The number of fused-ring (bicyclic) bond motifs is 1. The first-order valence-corrected chi connectivity index (χ1v) is 9.16. The third-order valence-corrected chi connectivity index (χ3v) is 5.15. The largest absolute Gasteiger partial charge is 0.354 e. The summed E-state index contributed by atoms with van der Waals surface area (Å²) in [4.78, 5) is 9.91. The maximum absolute atomic E-state index is 9.02. The number of pyridine rings is 1. The second-order valence-corrected chi connectivity index (χ2v) is 6.66. The normalized spacial score (nSPS) is 14.6. The molecule has 0 atom stereocenters. The lowest BCUT2D eigenvalue weighted by Crippen LogP contribution is -2.46. The molecule has 3 aromatic rings. The van der Waals surface area contributed by atoms with Gasteiger partial charge >= 0.3 is 0 Å². The summed E-state index contributed by atoms with van der Waals surface area (Å²) >= 11 is 0. The molecule has 27 heavy (non-hydrogen) atoms. The minimum absolute atomic E-state index is 0. The second kappa shape index (κ2) is 8.39. The van der Waals surface area contributed by atoms with Crippen LogP contribution in [0.5, 0.6) is 0 Å². The van der Waals surface area contributed by atoms with Gasteiger partial charge in [0, 0.05) is 37.1 Å². The smallest absolute Gasteiger partial charge is 0.137 e. The Kier molecular flexibility index (Phi) is 5.95. The fraction of sp³-hybridized carbons (Fsp3) is 0.273. The molecule has 2 heterocycles. The topological polar surface area (TPSA) is 43.2 Å². The molecule has 0 aliphatic carbocycles. The summed E-state index contributed by atoms with van der Waals surface area (Å²) in [5, 5.41) is 11.4. The number of nitrogens with zero attached hydrogens (tertiary/aromatic N) is 4. The van der Waals surface area contributed by atoms with Gasteiger partial charge in [0.05, 0.1) is 17.3 Å². The predicted octanol–water partition coefficient (Wildman–Crippen LogP) is 4.34. The third-order valence-electron chi connectivity index (χ3n) is 5.15. The molecule has 1 aliphatic rings. The van der Waals surface area contributed by atoms with Crippen molar-refractivity contribution in [3.05, 3.63) is 60.2 Å². The number of nitriles is 1. The highest BCUT2D eigenvalue weighted by atomic mass is 35.5. The Hall–Kier alpha value is -2.61. The zero-order valence-electron chi connectivity index (χ0n) is 15.4. The van der Waals surface area contributed by atoms with Crippen LogP contribution < -0.4 is 4.90 Å². The maximum atomic E-state index is 9.02. The molecule has 0 spiro atoms. The van der Waals surface area contributed by atoms with Crippen molar-refractivity contribution in [1.29, 1.82) is 5.26 Å². The minimum atomic E-state index is 0. The van der Waals surface area contributed by atoms with Crippen LogP contribution in [0.4, 0.5) is 5.82 Å². The molecule has 1 saturated heterocycles. The van der Waals surface area contributed by atoms with Gasteiger partial charge in [-0.1, -0.05) is 43.3 Å². The van der Waals surface area contributed by atoms with Crippen LogP contribution in [0.1, 0.15) is 12.5 Å². The maximum Gasteiger partial charge on any atom is 0.137 e. The van der Waals surface area contributed by atoms with Crippen molar-refractivity contribution in [2.45, 2.75) is 6.92 Å². The quantitative estimate of drug-likeness (QED) is 0.680. The Morgan fingerprint density at radius 1 is 1.00 bits per heavy atom. The lowest BCUT2D eigenvalue weighted by Gasteiger charge is -2.35. The van der Waals surface area contributed by atoms with E-state index in [1.807, 2.05) is 24.3 Å². The number of benzene rings is 2. The first-order chi connectivity index (χ1) is 12.8. The number of hydrogen-bond donors (Lipinski definition) is 0. The third kappa shape index (κ3) is 3.90. The molecule has 0 N–H and O–H groups in total. The van der Waals surface area contributed by atoms with Crippen molar-refractivity contribution in [2.75, 3.05) is 37.6 Å². The molecule has 5 heteroatoms. The van der Waals surface area contributed by atoms with E-state index in [1.54, 1.807) is 0 Å². The van der Waals surface area contributed by atoms with Gasteiger partial charge in [0.1, 0.15) is 5.82 Å². The Balaban J connectivity index is 0.00000210. The summed E-state index contributed by atoms with van der Waals surface area (Å²) in [6.45, 7) is 7.48. The minimum Gasteiger partial charge on any atom is -0.354 e. The van der Waals surface area contributed by atoms with Crippen LogP contribution in [0.25, 0.3) is 22.0 Å². The highest BCUT2D eigenvalue weighted by molar-refractivity contribution is 5.95. The van der Waals surface area contributed by atoms with Gasteiger partial charge in [-0.05, 0) is 30.1 Å². The van der Waals surface area contributed by atoms with Crippen LogP contribution in [0.2, 0.25) is 0 Å². The molecular weight excluding hydrogens is 356 g/mol. The Morgan fingerprint density at radius 3 is 2.37 bits per heavy atom. The summed E-state index contributed by atoms with van der Waals surface area (Å²) in [7, 11) is 0. The first-order valence-electron chi connectivity index (χ1n) is 9.16. The number of rotatable bonds is 3. The Labute approximate surface area is 166 Å². The van der Waals surface area contributed by atoms with E-state index in [2.05, 4.69) is 53.1 Å². The molecule has 0 bridgehead atoms. The van der Waals surface area contributed by atoms with Gasteiger partial charge in [-0.15, -0.1) is 12.4 Å². The summed E-state index contributed by atoms with van der Waals surface area (Å²) in [6, 6.07) is 20.4. The van der Waals surface area contributed by atoms with Gasteiger partial charge in [-0.25, -0.2) is 4.98 Å². The molecule has 2 aromatic carbocycles. The highest BCUT2D eigenvalue weighted by Gasteiger charge is 2.19. The molecule has 4 nitrogen and oxygen atoms in total. The second-order valence-electron chi connectivity index (χ2n) is 6.66. The Morgan fingerprint density at radius 2 is 1.70 bits per heavy atom. The van der Waals surface area contributed by atoms with E-state index in [0.717, 1.165) is 49.8 Å². The van der Waals surface area contributed by atoms with E-state index < -0.39 is 0 Å². The van der Waals surface area contributed by atoms with Crippen LogP contribution in [0.15, 0.2) is 54.6 Å². The molecule has 1 aliphatic heterocycles. The van der Waals surface area contributed by atoms with E-state index >= 15 is 0 Å². The summed E-state index contributed by atoms with van der Waals surface area (Å²) in [5.41, 5.74) is 2.68. The van der Waals surface area contributed by atoms with Crippen LogP contribution in [0.3, 0.4) is 0 Å². The first kappa shape index (κ1) is 19.2. The predicted molar refractivity (Wildman–Crippen MR) is 113 cm³/mol. The molecule has 0 unspecified atom stereocenters. The number of hydrogen-bond acceptors (Lipinski definition) is 4. The molecule has 1 aromatic heterocycles. The highest BCUT2D eigenvalue weighted by Crippen LogP contribution is 2.30. The Bertz CT molecular complexity index is 954. The molecule has 0 radical (unpaired) electrons. The van der Waals surface area contributed by atoms with E-state index in [-0.39, 0.29) is 12.4 Å². The van der Waals surface area contributed by atoms with Gasteiger partial charge < -0.3 is 9.80 Å². The van der Waals surface area contributed by atoms with Crippen LogP contribution in [0, 0.1) is 11.3 Å².